The van der Waals surface area contributed by atoms with Gasteiger partial charge in [0.15, 0.2) is 0 Å². The third-order valence-corrected chi connectivity index (χ3v) is 2.72. The fourth-order valence-electron chi connectivity index (χ4n) is 1.73. The first-order chi connectivity index (χ1) is 6.31. The molecule has 0 spiro atoms. The highest BCUT2D eigenvalue weighted by molar-refractivity contribution is 5.40. The quantitative estimate of drug-likeness (QED) is 0.709. The zero-order valence-corrected chi connectivity index (χ0v) is 7.54. The summed E-state index contributed by atoms with van der Waals surface area (Å²) in [6, 6.07) is 7.58. The summed E-state index contributed by atoms with van der Waals surface area (Å²) < 4.78 is 12.7. The number of alkyl halides is 1. The molecule has 1 aliphatic carbocycles. The molecule has 0 radical (unpaired) electrons. The number of hydrogen-bond donors (Lipinski definition) is 1. The Balaban J connectivity index is 2.17. The summed E-state index contributed by atoms with van der Waals surface area (Å²) >= 11 is 0. The standard InChI is InChI=1S/C11H14FN/c12-7-11(8-1-2-8)9-3-5-10(13)6-4-9/h3-6,8,11H,1-2,7,13H2. The smallest absolute Gasteiger partial charge is 0.0965 e. The Morgan fingerprint density at radius 3 is 2.38 bits per heavy atom. The van der Waals surface area contributed by atoms with Crippen molar-refractivity contribution in [2.45, 2.75) is 18.8 Å². The molecule has 2 heteroatoms. The number of benzene rings is 1. The molecule has 70 valence electrons. The van der Waals surface area contributed by atoms with Gasteiger partial charge in [-0.05, 0) is 36.5 Å². The first-order valence-electron chi connectivity index (χ1n) is 4.72. The van der Waals surface area contributed by atoms with Crippen molar-refractivity contribution in [1.29, 1.82) is 0 Å². The molecule has 2 rings (SSSR count). The molecule has 13 heavy (non-hydrogen) atoms. The van der Waals surface area contributed by atoms with E-state index in [1.807, 2.05) is 24.3 Å². The van der Waals surface area contributed by atoms with Crippen molar-refractivity contribution < 1.29 is 4.39 Å². The van der Waals surface area contributed by atoms with E-state index in [2.05, 4.69) is 0 Å². The van der Waals surface area contributed by atoms with E-state index in [-0.39, 0.29) is 12.6 Å². The van der Waals surface area contributed by atoms with E-state index in [4.69, 9.17) is 5.73 Å². The SMILES string of the molecule is Nc1ccc(C(CF)C2CC2)cc1. The van der Waals surface area contributed by atoms with Gasteiger partial charge in [-0.1, -0.05) is 12.1 Å². The predicted molar refractivity (Wildman–Crippen MR) is 52.3 cm³/mol. The van der Waals surface area contributed by atoms with Crippen molar-refractivity contribution in [3.63, 3.8) is 0 Å². The van der Waals surface area contributed by atoms with Crippen molar-refractivity contribution in [3.05, 3.63) is 29.8 Å². The number of nitrogen functional groups attached to an aromatic ring is 1. The van der Waals surface area contributed by atoms with Crippen molar-refractivity contribution in [3.8, 4) is 0 Å². The van der Waals surface area contributed by atoms with Crippen LogP contribution in [0.4, 0.5) is 10.1 Å². The van der Waals surface area contributed by atoms with Gasteiger partial charge in [-0.25, -0.2) is 0 Å². The van der Waals surface area contributed by atoms with Gasteiger partial charge in [0.2, 0.25) is 0 Å². The summed E-state index contributed by atoms with van der Waals surface area (Å²) in [5.41, 5.74) is 7.41. The molecule has 0 aliphatic heterocycles. The number of hydrogen-bond acceptors (Lipinski definition) is 1. The Labute approximate surface area is 77.8 Å². The lowest BCUT2D eigenvalue weighted by Crippen LogP contribution is -2.03. The van der Waals surface area contributed by atoms with Crippen molar-refractivity contribution >= 4 is 5.69 Å². The normalized spacial score (nSPS) is 18.5. The van der Waals surface area contributed by atoms with E-state index in [1.165, 1.54) is 12.8 Å². The van der Waals surface area contributed by atoms with E-state index in [1.54, 1.807) is 0 Å². The van der Waals surface area contributed by atoms with E-state index < -0.39 is 0 Å². The summed E-state index contributed by atoms with van der Waals surface area (Å²) in [4.78, 5) is 0. The van der Waals surface area contributed by atoms with E-state index in [0.29, 0.717) is 5.92 Å². The second-order valence-corrected chi connectivity index (χ2v) is 3.76. The molecule has 1 aliphatic rings. The first kappa shape index (κ1) is 8.54. The molecule has 1 aromatic carbocycles. The Morgan fingerprint density at radius 1 is 1.31 bits per heavy atom. The molecule has 2 N–H and O–H groups in total. The van der Waals surface area contributed by atoms with Gasteiger partial charge < -0.3 is 5.73 Å². The summed E-state index contributed by atoms with van der Waals surface area (Å²) in [5, 5.41) is 0. The third kappa shape index (κ3) is 1.82. The average molecular weight is 179 g/mol. The van der Waals surface area contributed by atoms with Crippen LogP contribution in [0.25, 0.3) is 0 Å². The van der Waals surface area contributed by atoms with E-state index >= 15 is 0 Å². The number of anilines is 1. The molecule has 0 saturated heterocycles. The lowest BCUT2D eigenvalue weighted by atomic mass is 9.95. The Bertz CT molecular complexity index is 277. The average Bonchev–Trinajstić information content (AvgIpc) is 2.93. The molecule has 0 heterocycles. The number of nitrogens with two attached hydrogens (primary N) is 1. The molecule has 1 saturated carbocycles. The predicted octanol–water partition coefficient (Wildman–Crippen LogP) is 2.73. The highest BCUT2D eigenvalue weighted by Crippen LogP contribution is 2.42. The minimum Gasteiger partial charge on any atom is -0.399 e. The third-order valence-electron chi connectivity index (χ3n) is 2.72. The van der Waals surface area contributed by atoms with Gasteiger partial charge in [0.05, 0.1) is 6.67 Å². The highest BCUT2D eigenvalue weighted by atomic mass is 19.1. The first-order valence-corrected chi connectivity index (χ1v) is 4.72. The largest absolute Gasteiger partial charge is 0.399 e. The maximum atomic E-state index is 12.7. The molecule has 0 bridgehead atoms. The van der Waals surface area contributed by atoms with Gasteiger partial charge in [-0.15, -0.1) is 0 Å². The van der Waals surface area contributed by atoms with Crippen LogP contribution < -0.4 is 5.73 Å². The molecule has 1 atom stereocenters. The monoisotopic (exact) mass is 179 g/mol. The van der Waals surface area contributed by atoms with Crippen LogP contribution in [0.15, 0.2) is 24.3 Å². The second kappa shape index (κ2) is 3.36. The molecular formula is C11H14FN. The number of rotatable bonds is 3. The van der Waals surface area contributed by atoms with Gasteiger partial charge in [0.1, 0.15) is 0 Å². The summed E-state index contributed by atoms with van der Waals surface area (Å²) in [7, 11) is 0. The van der Waals surface area contributed by atoms with Crippen LogP contribution in [-0.2, 0) is 0 Å². The maximum absolute atomic E-state index is 12.7. The Morgan fingerprint density at radius 2 is 1.92 bits per heavy atom. The minimum atomic E-state index is -0.241. The van der Waals surface area contributed by atoms with Crippen molar-refractivity contribution in [2.24, 2.45) is 5.92 Å². The fourth-order valence-corrected chi connectivity index (χ4v) is 1.73. The highest BCUT2D eigenvalue weighted by Gasteiger charge is 2.31. The van der Waals surface area contributed by atoms with Crippen LogP contribution in [0.5, 0.6) is 0 Å². The van der Waals surface area contributed by atoms with Gasteiger partial charge in [-0.3, -0.25) is 4.39 Å². The second-order valence-electron chi connectivity index (χ2n) is 3.76. The lowest BCUT2D eigenvalue weighted by molar-refractivity contribution is 0.404. The zero-order valence-electron chi connectivity index (χ0n) is 7.54. The van der Waals surface area contributed by atoms with Gasteiger partial charge in [0, 0.05) is 11.6 Å². The molecular weight excluding hydrogens is 165 g/mol. The molecule has 0 aromatic heterocycles. The van der Waals surface area contributed by atoms with Gasteiger partial charge in [-0.2, -0.15) is 0 Å². The van der Waals surface area contributed by atoms with E-state index in [0.717, 1.165) is 11.3 Å². The van der Waals surface area contributed by atoms with Crippen LogP contribution in [0.1, 0.15) is 24.3 Å². The van der Waals surface area contributed by atoms with Crippen LogP contribution in [0, 0.1) is 5.92 Å². The Kier molecular flexibility index (Phi) is 2.21. The summed E-state index contributed by atoms with van der Waals surface area (Å²) in [6.07, 6.45) is 2.36. The van der Waals surface area contributed by atoms with E-state index in [9.17, 15) is 4.39 Å². The summed E-state index contributed by atoms with van der Waals surface area (Å²) in [5.74, 6) is 0.689. The zero-order chi connectivity index (χ0) is 9.26. The number of halogens is 1. The van der Waals surface area contributed by atoms with Crippen LogP contribution >= 0.6 is 0 Å². The Hall–Kier alpha value is -1.05. The molecule has 1 aromatic rings. The molecule has 1 fully saturated rings. The van der Waals surface area contributed by atoms with Crippen LogP contribution in [0.3, 0.4) is 0 Å². The molecule has 1 unspecified atom stereocenters. The van der Waals surface area contributed by atoms with Crippen LogP contribution in [0.2, 0.25) is 0 Å². The van der Waals surface area contributed by atoms with Crippen molar-refractivity contribution in [2.75, 3.05) is 12.4 Å². The molecule has 1 nitrogen and oxygen atoms in total. The summed E-state index contributed by atoms with van der Waals surface area (Å²) in [6.45, 7) is -0.241. The minimum absolute atomic E-state index is 0.112. The molecule has 0 amide bonds. The fraction of sp³-hybridized carbons (Fsp3) is 0.455. The maximum Gasteiger partial charge on any atom is 0.0965 e. The van der Waals surface area contributed by atoms with Gasteiger partial charge >= 0.3 is 0 Å². The topological polar surface area (TPSA) is 26.0 Å². The lowest BCUT2D eigenvalue weighted by Gasteiger charge is -2.12. The van der Waals surface area contributed by atoms with Crippen LogP contribution in [-0.4, -0.2) is 6.67 Å². The van der Waals surface area contributed by atoms with Crippen molar-refractivity contribution in [1.82, 2.24) is 0 Å². The van der Waals surface area contributed by atoms with Gasteiger partial charge in [0.25, 0.3) is 0 Å².